The predicted molar refractivity (Wildman–Crippen MR) is 124 cm³/mol. The largest absolute Gasteiger partial charge is 0.326 e. The number of nitrogens with zero attached hydrogens (tertiary/aromatic N) is 4. The highest BCUT2D eigenvalue weighted by Crippen LogP contribution is 2.23. The van der Waals surface area contributed by atoms with E-state index in [2.05, 4.69) is 49.8 Å². The van der Waals surface area contributed by atoms with Gasteiger partial charge in [0.25, 0.3) is 0 Å². The molecule has 1 saturated heterocycles. The number of nitrogens with one attached hydrogen (secondary N) is 2. The molecule has 1 fully saturated rings. The van der Waals surface area contributed by atoms with E-state index in [0.717, 1.165) is 55.1 Å². The van der Waals surface area contributed by atoms with Crippen molar-refractivity contribution in [2.75, 3.05) is 18.4 Å². The van der Waals surface area contributed by atoms with Gasteiger partial charge in [0.05, 0.1) is 17.3 Å². The van der Waals surface area contributed by atoms with Crippen LogP contribution < -0.4 is 5.32 Å². The minimum absolute atomic E-state index is 0.00895. The van der Waals surface area contributed by atoms with Crippen molar-refractivity contribution in [3.8, 4) is 16.9 Å². The lowest BCUT2D eigenvalue weighted by molar-refractivity contribution is -0.121. The quantitative estimate of drug-likeness (QED) is 0.486. The molecule has 7 nitrogen and oxygen atoms in total. The van der Waals surface area contributed by atoms with Crippen LogP contribution >= 0.6 is 0 Å². The van der Waals surface area contributed by atoms with Gasteiger partial charge < -0.3 is 5.32 Å². The second kappa shape index (κ2) is 9.20. The van der Waals surface area contributed by atoms with Crippen molar-refractivity contribution >= 4 is 11.6 Å². The van der Waals surface area contributed by atoms with Gasteiger partial charge in [-0.25, -0.2) is 4.68 Å². The molecule has 1 atom stereocenters. The SMILES string of the molecule is O=C(Nc1ccc(-c2ccn[nH]2)cc1)[C@H]1CCCN(Cc2cccc(-n3cccn3)c2)C1. The highest BCUT2D eigenvalue weighted by molar-refractivity contribution is 5.93. The highest BCUT2D eigenvalue weighted by Gasteiger charge is 2.26. The molecule has 0 radical (unpaired) electrons. The van der Waals surface area contributed by atoms with E-state index in [9.17, 15) is 4.79 Å². The first-order valence-corrected chi connectivity index (χ1v) is 11.0. The molecule has 1 amide bonds. The molecule has 1 aliphatic heterocycles. The van der Waals surface area contributed by atoms with Gasteiger partial charge >= 0.3 is 0 Å². The van der Waals surface area contributed by atoms with Crippen molar-refractivity contribution in [3.63, 3.8) is 0 Å². The van der Waals surface area contributed by atoms with Crippen molar-refractivity contribution in [2.45, 2.75) is 19.4 Å². The van der Waals surface area contributed by atoms with E-state index < -0.39 is 0 Å². The topological polar surface area (TPSA) is 78.8 Å². The van der Waals surface area contributed by atoms with E-state index in [0.29, 0.717) is 0 Å². The molecule has 162 valence electrons. The number of H-pyrrole nitrogens is 1. The number of carbonyl (C=O) groups excluding carboxylic acids is 1. The number of aromatic nitrogens is 4. The number of rotatable bonds is 6. The number of anilines is 1. The fraction of sp³-hybridized carbons (Fsp3) is 0.240. The molecule has 1 aliphatic rings. The maximum Gasteiger partial charge on any atom is 0.228 e. The molecule has 7 heteroatoms. The monoisotopic (exact) mass is 426 g/mol. The smallest absolute Gasteiger partial charge is 0.228 e. The first kappa shape index (κ1) is 20.2. The third-order valence-electron chi connectivity index (χ3n) is 5.93. The van der Waals surface area contributed by atoms with Crippen LogP contribution in [0.4, 0.5) is 5.69 Å². The van der Waals surface area contributed by atoms with Crippen LogP contribution in [0.1, 0.15) is 18.4 Å². The van der Waals surface area contributed by atoms with Crippen LogP contribution in [0.25, 0.3) is 16.9 Å². The molecule has 3 heterocycles. The first-order valence-electron chi connectivity index (χ1n) is 11.0. The number of amides is 1. The van der Waals surface area contributed by atoms with Crippen LogP contribution in [-0.4, -0.2) is 43.9 Å². The molecule has 32 heavy (non-hydrogen) atoms. The molecule has 0 bridgehead atoms. The summed E-state index contributed by atoms with van der Waals surface area (Å²) in [6.45, 7) is 2.61. The zero-order valence-electron chi connectivity index (χ0n) is 17.8. The Labute approximate surface area is 187 Å². The molecule has 2 aromatic carbocycles. The van der Waals surface area contributed by atoms with E-state index in [4.69, 9.17) is 0 Å². The van der Waals surface area contributed by atoms with Crippen molar-refractivity contribution in [1.82, 2.24) is 24.9 Å². The molecular weight excluding hydrogens is 400 g/mol. The number of hydrogen-bond donors (Lipinski definition) is 2. The summed E-state index contributed by atoms with van der Waals surface area (Å²) in [6, 6.07) is 20.1. The molecule has 2 aromatic heterocycles. The standard InChI is InChI=1S/C25H26N6O/c32-25(28-22-9-7-20(8-10-22)24-11-13-26-29-24)21-5-2-14-30(18-21)17-19-4-1-6-23(16-19)31-15-3-12-27-31/h1,3-4,6-13,15-16,21H,2,5,14,17-18H2,(H,26,29)(H,28,32)/t21-/m0/s1. The molecule has 0 saturated carbocycles. The Morgan fingerprint density at radius 3 is 2.78 bits per heavy atom. The minimum Gasteiger partial charge on any atom is -0.326 e. The summed E-state index contributed by atoms with van der Waals surface area (Å²) in [6.07, 6.45) is 7.40. The Bertz CT molecular complexity index is 1150. The molecular formula is C25H26N6O. The summed E-state index contributed by atoms with van der Waals surface area (Å²) in [5.74, 6) is 0.0830. The molecule has 2 N–H and O–H groups in total. The minimum atomic E-state index is -0.00895. The summed E-state index contributed by atoms with van der Waals surface area (Å²) in [5, 5.41) is 14.3. The molecule has 4 aromatic rings. The van der Waals surface area contributed by atoms with E-state index in [1.165, 1.54) is 5.56 Å². The fourth-order valence-corrected chi connectivity index (χ4v) is 4.28. The van der Waals surface area contributed by atoms with Crippen molar-refractivity contribution in [3.05, 3.63) is 84.8 Å². The van der Waals surface area contributed by atoms with Gasteiger partial charge in [-0.3, -0.25) is 14.8 Å². The summed E-state index contributed by atoms with van der Waals surface area (Å²) in [5.41, 5.74) is 5.11. The number of benzene rings is 2. The Balaban J connectivity index is 1.19. The molecule has 0 unspecified atom stereocenters. The van der Waals surface area contributed by atoms with Crippen LogP contribution in [0.2, 0.25) is 0 Å². The van der Waals surface area contributed by atoms with Crippen LogP contribution in [0, 0.1) is 5.92 Å². The van der Waals surface area contributed by atoms with Gasteiger partial charge in [0.15, 0.2) is 0 Å². The molecule has 0 spiro atoms. The average Bonchev–Trinajstić information content (AvgIpc) is 3.55. The van der Waals surface area contributed by atoms with E-state index in [1.54, 1.807) is 12.4 Å². The van der Waals surface area contributed by atoms with Crippen LogP contribution in [0.3, 0.4) is 0 Å². The van der Waals surface area contributed by atoms with E-state index >= 15 is 0 Å². The van der Waals surface area contributed by atoms with Crippen LogP contribution in [-0.2, 0) is 11.3 Å². The number of hydrogen-bond acceptors (Lipinski definition) is 4. The lowest BCUT2D eigenvalue weighted by Crippen LogP contribution is -2.40. The van der Waals surface area contributed by atoms with Crippen LogP contribution in [0.15, 0.2) is 79.3 Å². The summed E-state index contributed by atoms with van der Waals surface area (Å²) < 4.78 is 1.87. The Hall–Kier alpha value is -3.71. The lowest BCUT2D eigenvalue weighted by atomic mass is 9.96. The second-order valence-corrected chi connectivity index (χ2v) is 8.23. The highest BCUT2D eigenvalue weighted by atomic mass is 16.1. The summed E-state index contributed by atoms with van der Waals surface area (Å²) >= 11 is 0. The number of likely N-dealkylation sites (tertiary alicyclic amines) is 1. The Morgan fingerprint density at radius 1 is 1.09 bits per heavy atom. The van der Waals surface area contributed by atoms with Gasteiger partial charge in [0.2, 0.25) is 5.91 Å². The van der Waals surface area contributed by atoms with E-state index in [-0.39, 0.29) is 11.8 Å². The van der Waals surface area contributed by atoms with Gasteiger partial charge in [0.1, 0.15) is 0 Å². The molecule has 0 aliphatic carbocycles. The van der Waals surface area contributed by atoms with Gasteiger partial charge in [-0.2, -0.15) is 10.2 Å². The first-order chi connectivity index (χ1) is 15.7. The van der Waals surface area contributed by atoms with E-state index in [1.807, 2.05) is 47.3 Å². The second-order valence-electron chi connectivity index (χ2n) is 8.23. The van der Waals surface area contributed by atoms with Crippen LogP contribution in [0.5, 0.6) is 0 Å². The summed E-state index contributed by atoms with van der Waals surface area (Å²) in [4.78, 5) is 15.3. The molecule has 5 rings (SSSR count). The average molecular weight is 427 g/mol. The number of carbonyl (C=O) groups is 1. The number of piperidine rings is 1. The van der Waals surface area contributed by atoms with Crippen molar-refractivity contribution < 1.29 is 4.79 Å². The summed E-state index contributed by atoms with van der Waals surface area (Å²) in [7, 11) is 0. The van der Waals surface area contributed by atoms with Gasteiger partial charge in [-0.05, 0) is 66.9 Å². The normalized spacial score (nSPS) is 16.7. The van der Waals surface area contributed by atoms with Crippen molar-refractivity contribution in [2.24, 2.45) is 5.92 Å². The third kappa shape index (κ3) is 4.63. The fourth-order valence-electron chi connectivity index (χ4n) is 4.28. The zero-order chi connectivity index (χ0) is 21.8. The Kier molecular flexibility index (Phi) is 5.81. The van der Waals surface area contributed by atoms with Gasteiger partial charge in [-0.15, -0.1) is 0 Å². The third-order valence-corrected chi connectivity index (χ3v) is 5.93. The Morgan fingerprint density at radius 2 is 2.00 bits per heavy atom. The maximum absolute atomic E-state index is 12.9. The van der Waals surface area contributed by atoms with Crippen molar-refractivity contribution in [1.29, 1.82) is 0 Å². The number of aromatic amines is 1. The zero-order valence-corrected chi connectivity index (χ0v) is 17.8. The predicted octanol–water partition coefficient (Wildman–Crippen LogP) is 4.11. The lowest BCUT2D eigenvalue weighted by Gasteiger charge is -2.32. The van der Waals surface area contributed by atoms with Gasteiger partial charge in [0, 0.05) is 37.4 Å². The maximum atomic E-state index is 12.9. The van der Waals surface area contributed by atoms with Gasteiger partial charge in [-0.1, -0.05) is 24.3 Å².